The molecule has 0 atom stereocenters. The number of amides is 2. The maximum absolute atomic E-state index is 12.7. The number of aromatic hydroxyl groups is 1. The lowest BCUT2D eigenvalue weighted by molar-refractivity contribution is -0.117. The molecule has 1 heterocycles. The number of nitrogens with zero attached hydrogens (tertiary/aromatic N) is 1. The number of hydrazone groups is 1. The molecule has 9 heteroatoms. The Kier molecular flexibility index (Phi) is 7.42. The normalized spacial score (nSPS) is 11.4. The van der Waals surface area contributed by atoms with Crippen molar-refractivity contribution in [3.8, 4) is 11.5 Å². The van der Waals surface area contributed by atoms with Crippen molar-refractivity contribution in [2.45, 2.75) is 0 Å². The second-order valence-corrected chi connectivity index (χ2v) is 7.52. The van der Waals surface area contributed by atoms with Crippen LogP contribution >= 0.6 is 22.9 Å². The molecule has 7 nitrogen and oxygen atoms in total. The molecule has 0 aliphatic heterocycles. The van der Waals surface area contributed by atoms with Crippen LogP contribution in [-0.4, -0.2) is 30.2 Å². The molecule has 0 fully saturated rings. The lowest BCUT2D eigenvalue weighted by Gasteiger charge is -2.09. The van der Waals surface area contributed by atoms with Crippen LogP contribution in [0, 0.1) is 0 Å². The van der Waals surface area contributed by atoms with Gasteiger partial charge in [0.1, 0.15) is 17.2 Å². The van der Waals surface area contributed by atoms with E-state index in [1.54, 1.807) is 42.5 Å². The minimum Gasteiger partial charge on any atom is -0.507 e. The summed E-state index contributed by atoms with van der Waals surface area (Å²) in [6.07, 6.45) is 2.81. The first-order chi connectivity index (χ1) is 15.0. The summed E-state index contributed by atoms with van der Waals surface area (Å²) in [4.78, 5) is 26.1. The van der Waals surface area contributed by atoms with E-state index in [9.17, 15) is 14.7 Å². The summed E-state index contributed by atoms with van der Waals surface area (Å²) in [6, 6.07) is 14.8. The van der Waals surface area contributed by atoms with Gasteiger partial charge in [0, 0.05) is 10.4 Å². The van der Waals surface area contributed by atoms with Gasteiger partial charge in [-0.1, -0.05) is 29.8 Å². The smallest absolute Gasteiger partial charge is 0.287 e. The van der Waals surface area contributed by atoms with Crippen molar-refractivity contribution in [2.24, 2.45) is 5.10 Å². The van der Waals surface area contributed by atoms with Gasteiger partial charge in [-0.25, -0.2) is 5.43 Å². The van der Waals surface area contributed by atoms with Crippen molar-refractivity contribution >= 4 is 47.0 Å². The Labute approximate surface area is 187 Å². The van der Waals surface area contributed by atoms with Gasteiger partial charge in [0.15, 0.2) is 0 Å². The van der Waals surface area contributed by atoms with Gasteiger partial charge < -0.3 is 15.2 Å². The number of halogens is 1. The molecular formula is C22H18ClN3O4S. The van der Waals surface area contributed by atoms with E-state index in [0.29, 0.717) is 11.3 Å². The van der Waals surface area contributed by atoms with Crippen molar-refractivity contribution in [3.63, 3.8) is 0 Å². The van der Waals surface area contributed by atoms with Gasteiger partial charge in [0.2, 0.25) is 0 Å². The number of hydrogen-bond donors (Lipinski definition) is 3. The largest absolute Gasteiger partial charge is 0.507 e. The number of methoxy groups -OCH3 is 1. The standard InChI is InChI=1S/C22H18ClN3O4S/c1-30-15-8-9-20(27)14(11-15)13-24-26-22(29)19(12-16-5-4-10-31-16)25-21(28)17-6-2-3-7-18(17)23/h2-13,27H,1H3,(H,25,28)(H,26,29). The highest BCUT2D eigenvalue weighted by molar-refractivity contribution is 7.10. The molecule has 2 amide bonds. The highest BCUT2D eigenvalue weighted by Gasteiger charge is 2.16. The summed E-state index contributed by atoms with van der Waals surface area (Å²) < 4.78 is 5.10. The zero-order valence-corrected chi connectivity index (χ0v) is 17.9. The minimum absolute atomic E-state index is 0.0145. The fraction of sp³-hybridized carbons (Fsp3) is 0.0455. The second-order valence-electron chi connectivity index (χ2n) is 6.13. The summed E-state index contributed by atoms with van der Waals surface area (Å²) in [5, 5.41) is 18.5. The SMILES string of the molecule is COc1ccc(O)c(C=NNC(=O)C(=Cc2cccs2)NC(=O)c2ccccc2Cl)c1. The fourth-order valence-electron chi connectivity index (χ4n) is 2.49. The topological polar surface area (TPSA) is 100 Å². The lowest BCUT2D eigenvalue weighted by Crippen LogP contribution is -2.32. The number of hydrogen-bond acceptors (Lipinski definition) is 6. The number of carbonyl (C=O) groups is 2. The van der Waals surface area contributed by atoms with Gasteiger partial charge in [-0.2, -0.15) is 5.10 Å². The Morgan fingerprint density at radius 2 is 1.97 bits per heavy atom. The van der Waals surface area contributed by atoms with Gasteiger partial charge in [-0.05, 0) is 47.9 Å². The van der Waals surface area contributed by atoms with Gasteiger partial charge in [-0.15, -0.1) is 11.3 Å². The molecular weight excluding hydrogens is 438 g/mol. The highest BCUT2D eigenvalue weighted by Crippen LogP contribution is 2.21. The van der Waals surface area contributed by atoms with Crippen LogP contribution in [0.3, 0.4) is 0 Å². The van der Waals surface area contributed by atoms with Crippen LogP contribution < -0.4 is 15.5 Å². The number of benzene rings is 2. The Balaban J connectivity index is 1.79. The van der Waals surface area contributed by atoms with E-state index in [4.69, 9.17) is 16.3 Å². The Morgan fingerprint density at radius 3 is 2.68 bits per heavy atom. The van der Waals surface area contributed by atoms with E-state index in [-0.39, 0.29) is 22.0 Å². The third-order valence-corrected chi connectivity index (χ3v) is 5.19. The van der Waals surface area contributed by atoms with Crippen molar-refractivity contribution in [3.05, 3.63) is 86.7 Å². The van der Waals surface area contributed by atoms with Gasteiger partial charge in [0.05, 0.1) is 23.9 Å². The molecule has 158 valence electrons. The van der Waals surface area contributed by atoms with E-state index in [0.717, 1.165) is 4.88 Å². The Bertz CT molecular complexity index is 1140. The molecule has 0 bridgehead atoms. The number of ether oxygens (including phenoxy) is 1. The summed E-state index contributed by atoms with van der Waals surface area (Å²) in [6.45, 7) is 0. The number of thiophene rings is 1. The van der Waals surface area contributed by atoms with E-state index in [1.807, 2.05) is 11.4 Å². The van der Waals surface area contributed by atoms with Crippen LogP contribution in [0.1, 0.15) is 20.8 Å². The molecule has 31 heavy (non-hydrogen) atoms. The number of nitrogens with one attached hydrogen (secondary N) is 2. The van der Waals surface area contributed by atoms with Gasteiger partial charge >= 0.3 is 0 Å². The average Bonchev–Trinajstić information content (AvgIpc) is 3.28. The Morgan fingerprint density at radius 1 is 1.16 bits per heavy atom. The van der Waals surface area contributed by atoms with Crippen LogP contribution in [0.25, 0.3) is 6.08 Å². The maximum Gasteiger partial charge on any atom is 0.287 e. The maximum atomic E-state index is 12.7. The molecule has 0 aliphatic carbocycles. The van der Waals surface area contributed by atoms with E-state index >= 15 is 0 Å². The molecule has 3 N–H and O–H groups in total. The zero-order valence-electron chi connectivity index (χ0n) is 16.3. The van der Waals surface area contributed by atoms with Crippen LogP contribution in [0.5, 0.6) is 11.5 Å². The first-order valence-electron chi connectivity index (χ1n) is 8.99. The molecule has 0 radical (unpaired) electrons. The van der Waals surface area contributed by atoms with Crippen molar-refractivity contribution in [2.75, 3.05) is 7.11 Å². The summed E-state index contributed by atoms with van der Waals surface area (Å²) in [7, 11) is 1.50. The first-order valence-corrected chi connectivity index (χ1v) is 10.2. The first kappa shape index (κ1) is 22.1. The molecule has 3 rings (SSSR count). The number of carbonyl (C=O) groups excluding carboxylic acids is 2. The predicted molar refractivity (Wildman–Crippen MR) is 122 cm³/mol. The minimum atomic E-state index is -0.646. The van der Waals surface area contributed by atoms with Crippen LogP contribution in [0.4, 0.5) is 0 Å². The fourth-order valence-corrected chi connectivity index (χ4v) is 3.37. The monoisotopic (exact) mass is 455 g/mol. The summed E-state index contributed by atoms with van der Waals surface area (Å²) >= 11 is 7.48. The molecule has 0 saturated heterocycles. The summed E-state index contributed by atoms with van der Waals surface area (Å²) in [5.41, 5.74) is 2.92. The van der Waals surface area contributed by atoms with E-state index in [2.05, 4.69) is 15.8 Å². The Hall–Kier alpha value is -3.62. The van der Waals surface area contributed by atoms with E-state index < -0.39 is 11.8 Å². The van der Waals surface area contributed by atoms with Crippen molar-refractivity contribution < 1.29 is 19.4 Å². The van der Waals surface area contributed by atoms with Crippen LogP contribution in [0.15, 0.2) is 70.8 Å². The molecule has 3 aromatic rings. The molecule has 0 saturated carbocycles. The van der Waals surface area contributed by atoms with E-state index in [1.165, 1.54) is 36.8 Å². The quantitative estimate of drug-likeness (QED) is 0.284. The predicted octanol–water partition coefficient (Wildman–Crippen LogP) is 4.04. The number of phenols is 1. The van der Waals surface area contributed by atoms with Gasteiger partial charge in [0.25, 0.3) is 11.8 Å². The average molecular weight is 456 g/mol. The molecule has 0 unspecified atom stereocenters. The number of rotatable bonds is 7. The molecule has 0 aliphatic rings. The van der Waals surface area contributed by atoms with Gasteiger partial charge in [-0.3, -0.25) is 9.59 Å². The molecule has 2 aromatic carbocycles. The molecule has 0 spiro atoms. The third-order valence-electron chi connectivity index (χ3n) is 4.05. The lowest BCUT2D eigenvalue weighted by atomic mass is 10.2. The second kappa shape index (κ2) is 10.4. The van der Waals surface area contributed by atoms with Crippen LogP contribution in [-0.2, 0) is 4.79 Å². The van der Waals surface area contributed by atoms with Crippen molar-refractivity contribution in [1.29, 1.82) is 0 Å². The van der Waals surface area contributed by atoms with Crippen molar-refractivity contribution in [1.82, 2.24) is 10.7 Å². The molecule has 1 aromatic heterocycles. The van der Waals surface area contributed by atoms with Crippen LogP contribution in [0.2, 0.25) is 5.02 Å². The number of phenolic OH excluding ortho intramolecular Hbond substituents is 1. The zero-order chi connectivity index (χ0) is 22.2. The third kappa shape index (κ3) is 5.94. The highest BCUT2D eigenvalue weighted by atomic mass is 35.5. The summed E-state index contributed by atoms with van der Waals surface area (Å²) in [5.74, 6) is -0.679.